The third-order valence-electron chi connectivity index (χ3n) is 3.89. The van der Waals surface area contributed by atoms with Gasteiger partial charge in [-0.2, -0.15) is 0 Å². The van der Waals surface area contributed by atoms with E-state index in [-0.39, 0.29) is 25.0 Å². The van der Waals surface area contributed by atoms with E-state index in [0.29, 0.717) is 6.41 Å². The predicted molar refractivity (Wildman–Crippen MR) is 107 cm³/mol. The largest absolute Gasteiger partial charge is 0.385 e. The molecule has 0 aliphatic rings. The normalized spacial score (nSPS) is 16.0. The smallest absolute Gasteiger partial charge is 0.244 e. The van der Waals surface area contributed by atoms with Gasteiger partial charge in [-0.15, -0.1) is 6.58 Å². The summed E-state index contributed by atoms with van der Waals surface area (Å²) in [7, 11) is 0. The van der Waals surface area contributed by atoms with Gasteiger partial charge in [0.05, 0.1) is 12.7 Å². The average molecular weight is 380 g/mol. The van der Waals surface area contributed by atoms with Gasteiger partial charge in [0.2, 0.25) is 18.2 Å². The van der Waals surface area contributed by atoms with E-state index in [1.165, 1.54) is 0 Å². The Morgan fingerprint density at radius 2 is 1.85 bits per heavy atom. The minimum Gasteiger partial charge on any atom is -0.385 e. The standard InChI is InChI=1S/C19H33N5O3/c1-6-8-14(4)22-10-16(13(3)7-2)9-17(24-18(26)15(5)20)19(27)23-11-21-12-25/h6-8,10,12-15,17,22H,2,9,11,20H2,1,3-5H3,(H,21,25)(H,23,27)(H,24,26)/b8-6-,16-10-/t13?,14?,15?,17-/m1/s1. The first kappa shape index (κ1) is 24.4. The highest BCUT2D eigenvalue weighted by molar-refractivity contribution is 5.89. The second-order valence-corrected chi connectivity index (χ2v) is 6.32. The highest BCUT2D eigenvalue weighted by Gasteiger charge is 2.24. The first-order chi connectivity index (χ1) is 12.8. The molecule has 8 heteroatoms. The fourth-order valence-electron chi connectivity index (χ4n) is 2.16. The Bertz CT molecular complexity index is 558. The van der Waals surface area contributed by atoms with Gasteiger partial charge in [-0.25, -0.2) is 0 Å². The SMILES string of the molecule is C=CC(C)/C(=C\NC(C)/C=C\C)C[C@@H](NC(=O)C(C)N)C(=O)NCNC=O. The zero-order valence-corrected chi connectivity index (χ0v) is 16.6. The molecule has 0 fully saturated rings. The summed E-state index contributed by atoms with van der Waals surface area (Å²) in [5.74, 6) is -0.854. The van der Waals surface area contributed by atoms with Crippen LogP contribution >= 0.6 is 0 Å². The lowest BCUT2D eigenvalue weighted by Gasteiger charge is -2.23. The molecule has 0 heterocycles. The Morgan fingerprint density at radius 1 is 1.19 bits per heavy atom. The van der Waals surface area contributed by atoms with Gasteiger partial charge in [-0.1, -0.05) is 25.2 Å². The van der Waals surface area contributed by atoms with Crippen LogP contribution in [0.5, 0.6) is 0 Å². The summed E-state index contributed by atoms with van der Waals surface area (Å²) in [5, 5.41) is 10.8. The highest BCUT2D eigenvalue weighted by atomic mass is 16.2. The molecule has 0 saturated heterocycles. The average Bonchev–Trinajstić information content (AvgIpc) is 2.63. The number of hydrogen-bond donors (Lipinski definition) is 5. The summed E-state index contributed by atoms with van der Waals surface area (Å²) < 4.78 is 0. The van der Waals surface area contributed by atoms with E-state index in [4.69, 9.17) is 5.73 Å². The summed E-state index contributed by atoms with van der Waals surface area (Å²) in [5.41, 5.74) is 6.50. The van der Waals surface area contributed by atoms with Crippen molar-refractivity contribution in [2.75, 3.05) is 6.67 Å². The van der Waals surface area contributed by atoms with Crippen molar-refractivity contribution in [3.63, 3.8) is 0 Å². The van der Waals surface area contributed by atoms with Crippen molar-refractivity contribution in [1.29, 1.82) is 0 Å². The van der Waals surface area contributed by atoms with Crippen molar-refractivity contribution in [3.8, 4) is 0 Å². The Hall–Kier alpha value is -2.61. The Kier molecular flexibility index (Phi) is 12.3. The van der Waals surface area contributed by atoms with Crippen LogP contribution in [0.25, 0.3) is 0 Å². The van der Waals surface area contributed by atoms with E-state index < -0.39 is 23.9 Å². The Labute approximate surface area is 161 Å². The van der Waals surface area contributed by atoms with Crippen LogP contribution in [0.3, 0.4) is 0 Å². The maximum Gasteiger partial charge on any atom is 0.244 e. The molecule has 0 aliphatic carbocycles. The van der Waals surface area contributed by atoms with Crippen LogP contribution in [0.1, 0.15) is 34.1 Å². The zero-order chi connectivity index (χ0) is 20.8. The molecule has 152 valence electrons. The van der Waals surface area contributed by atoms with Gasteiger partial charge in [0.25, 0.3) is 0 Å². The van der Waals surface area contributed by atoms with Crippen molar-refractivity contribution >= 4 is 18.2 Å². The van der Waals surface area contributed by atoms with Gasteiger partial charge in [0.15, 0.2) is 0 Å². The fourth-order valence-corrected chi connectivity index (χ4v) is 2.16. The molecule has 0 aromatic rings. The molecule has 0 aliphatic heterocycles. The summed E-state index contributed by atoms with van der Waals surface area (Å²) in [6, 6.07) is -1.46. The summed E-state index contributed by atoms with van der Waals surface area (Å²) >= 11 is 0. The second kappa shape index (κ2) is 13.6. The van der Waals surface area contributed by atoms with E-state index in [9.17, 15) is 14.4 Å². The zero-order valence-electron chi connectivity index (χ0n) is 16.6. The number of allylic oxidation sites excluding steroid dienone is 2. The van der Waals surface area contributed by atoms with Gasteiger partial charge in [0.1, 0.15) is 6.04 Å². The Morgan fingerprint density at radius 3 is 2.37 bits per heavy atom. The molecule has 0 radical (unpaired) electrons. The van der Waals surface area contributed by atoms with Crippen molar-refractivity contribution < 1.29 is 14.4 Å². The number of nitrogens with one attached hydrogen (secondary N) is 4. The van der Waals surface area contributed by atoms with Crippen molar-refractivity contribution in [2.45, 2.75) is 52.2 Å². The predicted octanol–water partition coefficient (Wildman–Crippen LogP) is 0.288. The molecule has 0 aromatic heterocycles. The van der Waals surface area contributed by atoms with E-state index in [1.807, 2.05) is 39.1 Å². The highest BCUT2D eigenvalue weighted by Crippen LogP contribution is 2.17. The minimum atomic E-state index is -0.829. The second-order valence-electron chi connectivity index (χ2n) is 6.32. The van der Waals surface area contributed by atoms with E-state index in [2.05, 4.69) is 27.8 Å². The first-order valence-corrected chi connectivity index (χ1v) is 8.97. The molecule has 27 heavy (non-hydrogen) atoms. The molecule has 0 aromatic carbocycles. The van der Waals surface area contributed by atoms with Crippen molar-refractivity contribution in [2.24, 2.45) is 11.7 Å². The van der Waals surface area contributed by atoms with Crippen LogP contribution in [0, 0.1) is 5.92 Å². The van der Waals surface area contributed by atoms with Gasteiger partial charge < -0.3 is 27.0 Å². The molecule has 8 nitrogen and oxygen atoms in total. The van der Waals surface area contributed by atoms with Crippen LogP contribution in [-0.4, -0.2) is 43.0 Å². The quantitative estimate of drug-likeness (QED) is 0.136. The molecule has 0 spiro atoms. The molecular weight excluding hydrogens is 346 g/mol. The number of rotatable bonds is 13. The van der Waals surface area contributed by atoms with Crippen LogP contribution in [0.2, 0.25) is 0 Å². The molecule has 3 amide bonds. The molecule has 4 atom stereocenters. The van der Waals surface area contributed by atoms with Crippen LogP contribution in [-0.2, 0) is 14.4 Å². The summed E-state index contributed by atoms with van der Waals surface area (Å²) in [6.07, 6.45) is 8.31. The van der Waals surface area contributed by atoms with Crippen molar-refractivity contribution in [3.05, 3.63) is 36.6 Å². The van der Waals surface area contributed by atoms with Gasteiger partial charge in [0, 0.05) is 6.04 Å². The lowest BCUT2D eigenvalue weighted by Crippen LogP contribution is -2.52. The first-order valence-electron chi connectivity index (χ1n) is 8.97. The van der Waals surface area contributed by atoms with Crippen LogP contribution in [0.15, 0.2) is 36.6 Å². The topological polar surface area (TPSA) is 125 Å². The monoisotopic (exact) mass is 379 g/mol. The number of carbonyl (C=O) groups excluding carboxylic acids is 3. The lowest BCUT2D eigenvalue weighted by molar-refractivity contribution is -0.129. The van der Waals surface area contributed by atoms with Gasteiger partial charge in [-0.3, -0.25) is 14.4 Å². The summed E-state index contributed by atoms with van der Waals surface area (Å²) in [6.45, 7) is 11.2. The minimum absolute atomic E-state index is 0.00842. The van der Waals surface area contributed by atoms with Gasteiger partial charge >= 0.3 is 0 Å². The Balaban J connectivity index is 5.38. The molecule has 0 saturated carbocycles. The van der Waals surface area contributed by atoms with Crippen LogP contribution < -0.4 is 27.0 Å². The maximum absolute atomic E-state index is 12.5. The summed E-state index contributed by atoms with van der Waals surface area (Å²) in [4.78, 5) is 34.8. The van der Waals surface area contributed by atoms with E-state index in [0.717, 1.165) is 5.57 Å². The number of nitrogens with two attached hydrogens (primary N) is 1. The van der Waals surface area contributed by atoms with Crippen LogP contribution in [0.4, 0.5) is 0 Å². The number of carbonyl (C=O) groups is 3. The lowest BCUT2D eigenvalue weighted by atomic mass is 9.94. The molecular formula is C19H33N5O3. The molecule has 6 N–H and O–H groups in total. The maximum atomic E-state index is 12.5. The fraction of sp³-hybridized carbons (Fsp3) is 0.526. The number of amides is 3. The number of hydrogen-bond acceptors (Lipinski definition) is 5. The van der Waals surface area contributed by atoms with Crippen molar-refractivity contribution in [1.82, 2.24) is 21.3 Å². The van der Waals surface area contributed by atoms with E-state index in [1.54, 1.807) is 13.0 Å². The third-order valence-corrected chi connectivity index (χ3v) is 3.89. The third kappa shape index (κ3) is 10.2. The molecule has 3 unspecified atom stereocenters. The van der Waals surface area contributed by atoms with E-state index >= 15 is 0 Å². The molecule has 0 bridgehead atoms. The van der Waals surface area contributed by atoms with Gasteiger partial charge in [-0.05, 0) is 44.9 Å². The molecule has 0 rings (SSSR count).